The maximum Gasteiger partial charge on any atom is 0.204 e. The fourth-order valence-electron chi connectivity index (χ4n) is 2.17. The minimum Gasteiger partial charge on any atom is -0.477 e. The Bertz CT molecular complexity index is 391. The smallest absolute Gasteiger partial charge is 0.204 e. The van der Waals surface area contributed by atoms with Crippen LogP contribution >= 0.6 is 0 Å². The zero-order valence-corrected chi connectivity index (χ0v) is 9.49. The molecule has 1 heterocycles. The summed E-state index contributed by atoms with van der Waals surface area (Å²) in [6.45, 7) is 13.8. The fourth-order valence-corrected chi connectivity index (χ4v) is 2.17. The lowest BCUT2D eigenvalue weighted by molar-refractivity contribution is 0.417. The third kappa shape index (κ3) is 1.08. The van der Waals surface area contributed by atoms with Crippen molar-refractivity contribution in [2.24, 2.45) is 0 Å². The molecule has 74 valence electrons. The highest BCUT2D eigenvalue weighted by Gasteiger charge is 2.27. The quantitative estimate of drug-likeness (QED) is 0.606. The van der Waals surface area contributed by atoms with Gasteiger partial charge < -0.3 is 4.74 Å². The Morgan fingerprint density at radius 2 is 1.50 bits per heavy atom. The minimum atomic E-state index is 0.308. The first-order chi connectivity index (χ1) is 6.54. The molecule has 14 heavy (non-hydrogen) atoms. The summed E-state index contributed by atoms with van der Waals surface area (Å²) < 4.78 is 5.51. The molecule has 1 aromatic carbocycles. The van der Waals surface area contributed by atoms with Gasteiger partial charge in [-0.05, 0) is 49.9 Å². The van der Waals surface area contributed by atoms with Gasteiger partial charge in [-0.15, -0.1) is 0 Å². The topological polar surface area (TPSA) is 9.23 Å². The van der Waals surface area contributed by atoms with Gasteiger partial charge in [-0.25, -0.2) is 0 Å². The average molecular weight is 188 g/mol. The molecule has 1 aliphatic rings. The van der Waals surface area contributed by atoms with Crippen molar-refractivity contribution < 1.29 is 4.74 Å². The molecule has 1 nitrogen and oxygen atoms in total. The molecule has 1 aliphatic heterocycles. The zero-order valence-electron chi connectivity index (χ0n) is 9.49. The second-order valence-corrected chi connectivity index (χ2v) is 4.18. The lowest BCUT2D eigenvalue weighted by atomic mass is 9.89. The van der Waals surface area contributed by atoms with Crippen LogP contribution in [0.5, 0.6) is 5.75 Å². The summed E-state index contributed by atoms with van der Waals surface area (Å²) in [5.41, 5.74) is 6.68. The van der Waals surface area contributed by atoms with E-state index in [1.807, 2.05) is 0 Å². The van der Waals surface area contributed by atoms with Crippen LogP contribution < -0.4 is 4.74 Å². The summed E-state index contributed by atoms with van der Waals surface area (Å²) in [4.78, 5) is 0. The van der Waals surface area contributed by atoms with Crippen LogP contribution in [-0.4, -0.2) is 0 Å². The van der Waals surface area contributed by atoms with E-state index < -0.39 is 0 Å². The fraction of sp³-hybridized carbons (Fsp3) is 0.462. The molecule has 0 aliphatic carbocycles. The Balaban J connectivity index is 2.77. The number of hydrogen-bond donors (Lipinski definition) is 0. The van der Waals surface area contributed by atoms with Crippen LogP contribution in [-0.2, 0) is 0 Å². The second-order valence-electron chi connectivity index (χ2n) is 4.18. The molecule has 0 aromatic heterocycles. The Morgan fingerprint density at radius 1 is 0.929 bits per heavy atom. The van der Waals surface area contributed by atoms with E-state index in [1.165, 1.54) is 27.8 Å². The molecular weight excluding hydrogens is 172 g/mol. The van der Waals surface area contributed by atoms with Gasteiger partial charge in [0.25, 0.3) is 0 Å². The highest BCUT2D eigenvalue weighted by molar-refractivity contribution is 5.57. The van der Waals surface area contributed by atoms with Crippen molar-refractivity contribution in [2.75, 3.05) is 0 Å². The van der Waals surface area contributed by atoms with E-state index >= 15 is 0 Å². The molecule has 1 heteroatoms. The van der Waals surface area contributed by atoms with Gasteiger partial charge in [-0.2, -0.15) is 0 Å². The molecule has 0 saturated carbocycles. The summed E-state index contributed by atoms with van der Waals surface area (Å²) in [5, 5.41) is 0. The molecule has 2 rings (SSSR count). The number of rotatable bonds is 0. The van der Waals surface area contributed by atoms with Crippen LogP contribution in [0.1, 0.15) is 40.7 Å². The predicted molar refractivity (Wildman–Crippen MR) is 57.7 cm³/mol. The lowest BCUT2D eigenvalue weighted by Crippen LogP contribution is -1.97. The van der Waals surface area contributed by atoms with E-state index in [-0.39, 0.29) is 0 Å². The monoisotopic (exact) mass is 188 g/mol. The summed E-state index contributed by atoms with van der Waals surface area (Å²) in [6.07, 6.45) is 0. The van der Waals surface area contributed by atoms with Crippen LogP contribution in [0.2, 0.25) is 0 Å². The van der Waals surface area contributed by atoms with Gasteiger partial charge in [-0.1, -0.05) is 6.92 Å². The highest BCUT2D eigenvalue weighted by atomic mass is 16.5. The summed E-state index contributed by atoms with van der Waals surface area (Å²) in [6, 6.07) is 0. The molecule has 0 spiro atoms. The first-order valence-corrected chi connectivity index (χ1v) is 5.06. The Kier molecular flexibility index (Phi) is 2.06. The first kappa shape index (κ1) is 9.57. The van der Waals surface area contributed by atoms with Crippen LogP contribution in [0.25, 0.3) is 0 Å². The molecule has 1 aromatic rings. The first-order valence-electron chi connectivity index (χ1n) is 5.06. The van der Waals surface area contributed by atoms with Gasteiger partial charge in [0.05, 0.1) is 0 Å². The lowest BCUT2D eigenvalue weighted by Gasteiger charge is -2.15. The van der Waals surface area contributed by atoms with Gasteiger partial charge in [0, 0.05) is 11.5 Å². The maximum absolute atomic E-state index is 5.51. The molecule has 0 N–H and O–H groups in total. The Hall–Kier alpha value is -0.980. The van der Waals surface area contributed by atoms with Gasteiger partial charge in [0.15, 0.2) is 0 Å². The van der Waals surface area contributed by atoms with Crippen molar-refractivity contribution in [1.82, 2.24) is 0 Å². The molecule has 0 bridgehead atoms. The van der Waals surface area contributed by atoms with E-state index in [0.717, 1.165) is 5.75 Å². The van der Waals surface area contributed by atoms with Crippen molar-refractivity contribution in [1.29, 1.82) is 0 Å². The summed E-state index contributed by atoms with van der Waals surface area (Å²) >= 11 is 0. The van der Waals surface area contributed by atoms with Crippen LogP contribution in [0, 0.1) is 34.3 Å². The molecule has 0 saturated heterocycles. The van der Waals surface area contributed by atoms with Crippen LogP contribution in [0.4, 0.5) is 0 Å². The van der Waals surface area contributed by atoms with Crippen LogP contribution in [0.15, 0.2) is 0 Å². The summed E-state index contributed by atoms with van der Waals surface area (Å²) in [5.74, 6) is 1.35. The molecule has 0 fully saturated rings. The standard InChI is InChI=1S/C13H16O/c1-7-6-14-13-11(5)9(3)8(2)10(4)12(7)13/h7H,1-5H3. The van der Waals surface area contributed by atoms with Crippen molar-refractivity contribution in [3.8, 4) is 5.75 Å². The van der Waals surface area contributed by atoms with E-state index in [4.69, 9.17) is 4.74 Å². The number of benzene rings is 1. The number of fused-ring (bicyclic) bond motifs is 1. The van der Waals surface area contributed by atoms with Gasteiger partial charge in [-0.3, -0.25) is 0 Å². The summed E-state index contributed by atoms with van der Waals surface area (Å²) in [7, 11) is 0. The molecular formula is C13H16O. The SMILES string of the molecule is Cc1c(C)c(C)c2c(c1C)O[C]C2C. The van der Waals surface area contributed by atoms with E-state index in [1.54, 1.807) is 0 Å². The molecule has 2 radical (unpaired) electrons. The van der Waals surface area contributed by atoms with E-state index in [2.05, 4.69) is 41.2 Å². The second kappa shape index (κ2) is 3.01. The molecule has 0 amide bonds. The maximum atomic E-state index is 5.51. The van der Waals surface area contributed by atoms with Gasteiger partial charge >= 0.3 is 0 Å². The Morgan fingerprint density at radius 3 is 2.14 bits per heavy atom. The van der Waals surface area contributed by atoms with Gasteiger partial charge in [0.2, 0.25) is 6.61 Å². The average Bonchev–Trinajstić information content (AvgIpc) is 2.54. The Labute approximate surface area is 86.1 Å². The third-order valence-electron chi connectivity index (χ3n) is 3.45. The van der Waals surface area contributed by atoms with E-state index in [9.17, 15) is 0 Å². The van der Waals surface area contributed by atoms with Crippen molar-refractivity contribution in [2.45, 2.75) is 40.5 Å². The van der Waals surface area contributed by atoms with Gasteiger partial charge in [0.1, 0.15) is 5.75 Å². The largest absolute Gasteiger partial charge is 0.477 e. The predicted octanol–water partition coefficient (Wildman–Crippen LogP) is 3.45. The van der Waals surface area contributed by atoms with Crippen LogP contribution in [0.3, 0.4) is 0 Å². The normalized spacial score (nSPS) is 19.4. The third-order valence-corrected chi connectivity index (χ3v) is 3.45. The minimum absolute atomic E-state index is 0.308. The molecule has 1 unspecified atom stereocenters. The number of hydrogen-bond acceptors (Lipinski definition) is 1. The van der Waals surface area contributed by atoms with Crippen molar-refractivity contribution in [3.05, 3.63) is 34.4 Å². The van der Waals surface area contributed by atoms with E-state index in [0.29, 0.717) is 5.92 Å². The van der Waals surface area contributed by atoms with Crippen molar-refractivity contribution >= 4 is 0 Å². The zero-order chi connectivity index (χ0) is 10.5. The number of ether oxygens (including phenoxy) is 1. The highest BCUT2D eigenvalue weighted by Crippen LogP contribution is 2.43. The van der Waals surface area contributed by atoms with Crippen molar-refractivity contribution in [3.63, 3.8) is 0 Å². The molecule has 1 atom stereocenters.